The lowest BCUT2D eigenvalue weighted by Gasteiger charge is -2.32. The van der Waals surface area contributed by atoms with Crippen LogP contribution in [0.25, 0.3) is 0 Å². The molecular formula is C14H23NO. The predicted octanol–water partition coefficient (Wildman–Crippen LogP) is 3.65. The van der Waals surface area contributed by atoms with Crippen LogP contribution in [-0.2, 0) is 6.54 Å². The molecule has 0 aliphatic heterocycles. The van der Waals surface area contributed by atoms with Gasteiger partial charge in [-0.1, -0.05) is 12.8 Å². The molecule has 0 atom stereocenters. The molecule has 1 saturated carbocycles. The van der Waals surface area contributed by atoms with Gasteiger partial charge in [-0.15, -0.1) is 0 Å². The Hall–Kier alpha value is -0.760. The van der Waals surface area contributed by atoms with Crippen LogP contribution in [0.15, 0.2) is 16.7 Å². The fraction of sp³-hybridized carbons (Fsp3) is 0.714. The monoisotopic (exact) mass is 221 g/mol. The second kappa shape index (κ2) is 4.62. The maximum Gasteiger partial charge on any atom is 0.120 e. The van der Waals surface area contributed by atoms with Crippen molar-refractivity contribution in [1.82, 2.24) is 5.32 Å². The Bertz CT molecular complexity index is 334. The maximum atomic E-state index is 5.46. The molecule has 90 valence electrons. The minimum atomic E-state index is 0.232. The van der Waals surface area contributed by atoms with Crippen LogP contribution in [0.2, 0.25) is 0 Å². The predicted molar refractivity (Wildman–Crippen MR) is 66.3 cm³/mol. The third-order valence-electron chi connectivity index (χ3n) is 4.05. The molecule has 0 saturated heterocycles. The summed E-state index contributed by atoms with van der Waals surface area (Å²) in [5.74, 6) is 1.90. The Morgan fingerprint density at radius 1 is 1.38 bits per heavy atom. The van der Waals surface area contributed by atoms with Crippen molar-refractivity contribution < 1.29 is 4.42 Å². The second-order valence-corrected chi connectivity index (χ2v) is 5.58. The molecule has 2 nitrogen and oxygen atoms in total. The minimum Gasteiger partial charge on any atom is -0.468 e. The van der Waals surface area contributed by atoms with Gasteiger partial charge in [-0.2, -0.15) is 0 Å². The third kappa shape index (κ3) is 2.49. The van der Waals surface area contributed by atoms with Gasteiger partial charge < -0.3 is 9.73 Å². The van der Waals surface area contributed by atoms with Gasteiger partial charge in [-0.05, 0) is 51.2 Å². The number of aryl methyl sites for hydroxylation is 1. The molecular weight excluding hydrogens is 198 g/mol. The van der Waals surface area contributed by atoms with Gasteiger partial charge in [0.05, 0.1) is 12.8 Å². The van der Waals surface area contributed by atoms with Gasteiger partial charge in [0.2, 0.25) is 0 Å². The van der Waals surface area contributed by atoms with Crippen LogP contribution in [0, 0.1) is 12.8 Å². The Balaban J connectivity index is 1.91. The highest BCUT2D eigenvalue weighted by molar-refractivity contribution is 5.14. The van der Waals surface area contributed by atoms with E-state index in [0.29, 0.717) is 0 Å². The molecule has 2 heteroatoms. The Morgan fingerprint density at radius 3 is 2.62 bits per heavy atom. The lowest BCUT2D eigenvalue weighted by atomic mass is 9.86. The van der Waals surface area contributed by atoms with Gasteiger partial charge in [0, 0.05) is 5.54 Å². The van der Waals surface area contributed by atoms with E-state index in [1.165, 1.54) is 31.2 Å². The van der Waals surface area contributed by atoms with Gasteiger partial charge in [-0.25, -0.2) is 0 Å². The van der Waals surface area contributed by atoms with Crippen LogP contribution < -0.4 is 5.32 Å². The third-order valence-corrected chi connectivity index (χ3v) is 4.05. The number of hydrogen-bond acceptors (Lipinski definition) is 2. The van der Waals surface area contributed by atoms with Gasteiger partial charge in [0.1, 0.15) is 5.76 Å². The van der Waals surface area contributed by atoms with Crippen LogP contribution in [-0.4, -0.2) is 5.54 Å². The number of rotatable bonds is 4. The average Bonchev–Trinajstić information content (AvgIpc) is 2.85. The van der Waals surface area contributed by atoms with Crippen LogP contribution in [0.5, 0.6) is 0 Å². The minimum absolute atomic E-state index is 0.232. The Labute approximate surface area is 98.4 Å². The normalized spacial score (nSPS) is 18.2. The van der Waals surface area contributed by atoms with E-state index in [4.69, 9.17) is 4.42 Å². The van der Waals surface area contributed by atoms with Crippen molar-refractivity contribution in [2.75, 3.05) is 0 Å². The lowest BCUT2D eigenvalue weighted by molar-refractivity contribution is 0.246. The van der Waals surface area contributed by atoms with Gasteiger partial charge >= 0.3 is 0 Å². The van der Waals surface area contributed by atoms with E-state index < -0.39 is 0 Å². The molecule has 1 aromatic rings. The van der Waals surface area contributed by atoms with E-state index in [-0.39, 0.29) is 5.54 Å². The summed E-state index contributed by atoms with van der Waals surface area (Å²) in [6, 6.07) is 2.03. The molecule has 1 fully saturated rings. The fourth-order valence-corrected chi connectivity index (χ4v) is 2.69. The molecule has 2 rings (SSSR count). The number of nitrogens with one attached hydrogen (secondary N) is 1. The summed E-state index contributed by atoms with van der Waals surface area (Å²) in [7, 11) is 0. The molecule has 0 radical (unpaired) electrons. The second-order valence-electron chi connectivity index (χ2n) is 5.58. The van der Waals surface area contributed by atoms with Crippen molar-refractivity contribution in [2.24, 2.45) is 5.92 Å². The number of furan rings is 1. The summed E-state index contributed by atoms with van der Waals surface area (Å²) in [6.45, 7) is 7.59. The molecule has 0 amide bonds. The van der Waals surface area contributed by atoms with E-state index in [1.807, 2.05) is 6.07 Å². The van der Waals surface area contributed by atoms with Crippen molar-refractivity contribution >= 4 is 0 Å². The van der Waals surface area contributed by atoms with E-state index in [9.17, 15) is 0 Å². The zero-order valence-corrected chi connectivity index (χ0v) is 10.7. The summed E-state index contributed by atoms with van der Waals surface area (Å²) >= 11 is 0. The van der Waals surface area contributed by atoms with E-state index in [0.717, 1.165) is 18.2 Å². The van der Waals surface area contributed by atoms with E-state index in [1.54, 1.807) is 6.26 Å². The summed E-state index contributed by atoms with van der Waals surface area (Å²) in [6.07, 6.45) is 7.31. The molecule has 0 bridgehead atoms. The average molecular weight is 221 g/mol. The van der Waals surface area contributed by atoms with Crippen molar-refractivity contribution in [1.29, 1.82) is 0 Å². The number of hydrogen-bond donors (Lipinski definition) is 1. The Kier molecular flexibility index (Phi) is 3.38. The zero-order valence-electron chi connectivity index (χ0n) is 10.7. The molecule has 1 heterocycles. The SMILES string of the molecule is Cc1ccoc1CNC(C)(C)C1CCCC1. The maximum absolute atomic E-state index is 5.46. The fourth-order valence-electron chi connectivity index (χ4n) is 2.69. The van der Waals surface area contributed by atoms with Gasteiger partial charge in [0.15, 0.2) is 0 Å². The largest absolute Gasteiger partial charge is 0.468 e. The standard InChI is InChI=1S/C14H23NO/c1-11-8-9-16-13(11)10-15-14(2,3)12-6-4-5-7-12/h8-9,12,15H,4-7,10H2,1-3H3. The zero-order chi connectivity index (χ0) is 11.6. The summed E-state index contributed by atoms with van der Waals surface area (Å²) in [5, 5.41) is 3.65. The highest BCUT2D eigenvalue weighted by Gasteiger charge is 2.31. The highest BCUT2D eigenvalue weighted by atomic mass is 16.3. The first kappa shape index (κ1) is 11.7. The molecule has 16 heavy (non-hydrogen) atoms. The first-order chi connectivity index (χ1) is 7.59. The molecule has 1 N–H and O–H groups in total. The van der Waals surface area contributed by atoms with Crippen LogP contribution >= 0.6 is 0 Å². The van der Waals surface area contributed by atoms with E-state index in [2.05, 4.69) is 26.1 Å². The first-order valence-electron chi connectivity index (χ1n) is 6.37. The van der Waals surface area contributed by atoms with E-state index >= 15 is 0 Å². The topological polar surface area (TPSA) is 25.2 Å². The van der Waals surface area contributed by atoms with Gasteiger partial charge in [0.25, 0.3) is 0 Å². The van der Waals surface area contributed by atoms with Crippen molar-refractivity contribution in [3.8, 4) is 0 Å². The highest BCUT2D eigenvalue weighted by Crippen LogP contribution is 2.33. The molecule has 0 unspecified atom stereocenters. The lowest BCUT2D eigenvalue weighted by Crippen LogP contribution is -2.44. The van der Waals surface area contributed by atoms with Crippen molar-refractivity contribution in [3.05, 3.63) is 23.7 Å². The van der Waals surface area contributed by atoms with Crippen LogP contribution in [0.3, 0.4) is 0 Å². The molecule has 0 spiro atoms. The summed E-state index contributed by atoms with van der Waals surface area (Å²) in [5.41, 5.74) is 1.48. The quantitative estimate of drug-likeness (QED) is 0.839. The molecule has 1 aliphatic carbocycles. The van der Waals surface area contributed by atoms with Crippen molar-refractivity contribution in [2.45, 2.75) is 58.5 Å². The van der Waals surface area contributed by atoms with Crippen LogP contribution in [0.1, 0.15) is 50.9 Å². The molecule has 0 aromatic carbocycles. The smallest absolute Gasteiger partial charge is 0.120 e. The first-order valence-corrected chi connectivity index (χ1v) is 6.37. The van der Waals surface area contributed by atoms with Crippen molar-refractivity contribution in [3.63, 3.8) is 0 Å². The Morgan fingerprint density at radius 2 is 2.06 bits per heavy atom. The molecule has 1 aliphatic rings. The molecule has 1 aromatic heterocycles. The van der Waals surface area contributed by atoms with Gasteiger partial charge in [-0.3, -0.25) is 0 Å². The summed E-state index contributed by atoms with van der Waals surface area (Å²) in [4.78, 5) is 0. The summed E-state index contributed by atoms with van der Waals surface area (Å²) < 4.78 is 5.46. The van der Waals surface area contributed by atoms with Crippen LogP contribution in [0.4, 0.5) is 0 Å².